The van der Waals surface area contributed by atoms with Crippen molar-refractivity contribution in [2.24, 2.45) is 0 Å². The molecule has 26 heavy (non-hydrogen) atoms. The van der Waals surface area contributed by atoms with E-state index >= 15 is 0 Å². The fraction of sp³-hybridized carbons (Fsp3) is 0.222. The van der Waals surface area contributed by atoms with Gasteiger partial charge in [-0.25, -0.2) is 0 Å². The van der Waals surface area contributed by atoms with Crippen LogP contribution in [-0.2, 0) is 0 Å². The molecule has 1 amide bonds. The van der Waals surface area contributed by atoms with Crippen LogP contribution in [0.5, 0.6) is 11.5 Å². The van der Waals surface area contributed by atoms with Gasteiger partial charge in [0.25, 0.3) is 5.91 Å². The summed E-state index contributed by atoms with van der Waals surface area (Å²) in [6.07, 6.45) is 3.37. The Kier molecular flexibility index (Phi) is 5.75. The molecule has 0 aliphatic carbocycles. The van der Waals surface area contributed by atoms with E-state index in [9.17, 15) is 4.79 Å². The minimum absolute atomic E-state index is 0.286. The van der Waals surface area contributed by atoms with E-state index in [1.54, 1.807) is 30.6 Å². The zero-order valence-electron chi connectivity index (χ0n) is 14.4. The van der Waals surface area contributed by atoms with E-state index in [0.717, 1.165) is 5.56 Å². The number of hydrogen-bond acceptors (Lipinski definition) is 7. The third-order valence-corrected chi connectivity index (χ3v) is 4.27. The molecule has 0 atom stereocenters. The van der Waals surface area contributed by atoms with Gasteiger partial charge >= 0.3 is 0 Å². The number of carbonyl (C=O) groups is 1. The summed E-state index contributed by atoms with van der Waals surface area (Å²) in [4.78, 5) is 16.5. The SMILES string of the molecule is CCOc1ccc(C(=O)Nc2nnc(-c3ccncc3)s2)cc1OCC. The largest absolute Gasteiger partial charge is 0.490 e. The lowest BCUT2D eigenvalue weighted by Crippen LogP contribution is -2.12. The zero-order valence-corrected chi connectivity index (χ0v) is 15.2. The van der Waals surface area contributed by atoms with E-state index in [-0.39, 0.29) is 5.91 Å². The number of rotatable bonds is 7. The van der Waals surface area contributed by atoms with Gasteiger partial charge in [0.1, 0.15) is 5.01 Å². The van der Waals surface area contributed by atoms with Crippen molar-refractivity contribution in [3.8, 4) is 22.1 Å². The fourth-order valence-electron chi connectivity index (χ4n) is 2.25. The summed E-state index contributed by atoms with van der Waals surface area (Å²) in [5.41, 5.74) is 1.36. The minimum atomic E-state index is -0.286. The van der Waals surface area contributed by atoms with Crippen LogP contribution in [0, 0.1) is 0 Å². The molecule has 0 unspecified atom stereocenters. The molecule has 134 valence electrons. The Hall–Kier alpha value is -3.00. The lowest BCUT2D eigenvalue weighted by molar-refractivity contribution is 0.102. The van der Waals surface area contributed by atoms with E-state index in [4.69, 9.17) is 9.47 Å². The van der Waals surface area contributed by atoms with Gasteiger partial charge in [-0.05, 0) is 44.2 Å². The maximum absolute atomic E-state index is 12.5. The highest BCUT2D eigenvalue weighted by Gasteiger charge is 2.14. The Morgan fingerprint density at radius 3 is 2.50 bits per heavy atom. The molecule has 2 heterocycles. The summed E-state index contributed by atoms with van der Waals surface area (Å²) in [6.45, 7) is 4.78. The molecule has 0 bridgehead atoms. The van der Waals surface area contributed by atoms with Crippen molar-refractivity contribution in [1.82, 2.24) is 15.2 Å². The summed E-state index contributed by atoms with van der Waals surface area (Å²) in [5, 5.41) is 12.0. The standard InChI is InChI=1S/C18H18N4O3S/c1-3-24-14-6-5-13(11-15(14)25-4-2)16(23)20-18-22-21-17(26-18)12-7-9-19-10-8-12/h5-11H,3-4H2,1-2H3,(H,20,22,23). The quantitative estimate of drug-likeness (QED) is 0.683. The molecule has 0 saturated heterocycles. The number of carbonyl (C=O) groups excluding carboxylic acids is 1. The summed E-state index contributed by atoms with van der Waals surface area (Å²) >= 11 is 1.30. The number of aromatic nitrogens is 3. The highest BCUT2D eigenvalue weighted by atomic mass is 32.1. The first kappa shape index (κ1) is 17.8. The van der Waals surface area contributed by atoms with E-state index < -0.39 is 0 Å². The van der Waals surface area contributed by atoms with Gasteiger partial charge < -0.3 is 9.47 Å². The first-order valence-electron chi connectivity index (χ1n) is 8.16. The van der Waals surface area contributed by atoms with Crippen LogP contribution in [0.3, 0.4) is 0 Å². The van der Waals surface area contributed by atoms with Gasteiger partial charge in [-0.15, -0.1) is 10.2 Å². The number of ether oxygens (including phenoxy) is 2. The number of nitrogens with zero attached hydrogens (tertiary/aromatic N) is 3. The topological polar surface area (TPSA) is 86.2 Å². The van der Waals surface area contributed by atoms with Crippen LogP contribution in [-0.4, -0.2) is 34.3 Å². The monoisotopic (exact) mass is 370 g/mol. The summed E-state index contributed by atoms with van der Waals surface area (Å²) in [7, 11) is 0. The predicted molar refractivity (Wildman–Crippen MR) is 99.9 cm³/mol. The third kappa shape index (κ3) is 4.15. The Morgan fingerprint density at radius 2 is 1.77 bits per heavy atom. The molecular weight excluding hydrogens is 352 g/mol. The lowest BCUT2D eigenvalue weighted by Gasteiger charge is -2.12. The van der Waals surface area contributed by atoms with Crippen LogP contribution >= 0.6 is 11.3 Å². The van der Waals surface area contributed by atoms with Gasteiger partial charge in [-0.2, -0.15) is 0 Å². The molecule has 2 aromatic heterocycles. The zero-order chi connectivity index (χ0) is 18.4. The van der Waals surface area contributed by atoms with Crippen molar-refractivity contribution < 1.29 is 14.3 Å². The van der Waals surface area contributed by atoms with Crippen molar-refractivity contribution in [2.45, 2.75) is 13.8 Å². The highest BCUT2D eigenvalue weighted by Crippen LogP contribution is 2.30. The molecule has 1 aromatic carbocycles. The maximum Gasteiger partial charge on any atom is 0.257 e. The van der Waals surface area contributed by atoms with E-state index in [1.165, 1.54) is 11.3 Å². The molecular formula is C18H18N4O3S. The Balaban J connectivity index is 1.76. The Bertz CT molecular complexity index is 883. The van der Waals surface area contributed by atoms with Crippen molar-refractivity contribution in [3.63, 3.8) is 0 Å². The first-order chi connectivity index (χ1) is 12.7. The van der Waals surface area contributed by atoms with Crippen molar-refractivity contribution in [2.75, 3.05) is 18.5 Å². The van der Waals surface area contributed by atoms with Crippen LogP contribution in [0.15, 0.2) is 42.7 Å². The smallest absolute Gasteiger partial charge is 0.257 e. The average molecular weight is 370 g/mol. The maximum atomic E-state index is 12.5. The average Bonchev–Trinajstić information content (AvgIpc) is 3.13. The van der Waals surface area contributed by atoms with Crippen LogP contribution in [0.4, 0.5) is 5.13 Å². The number of hydrogen-bond donors (Lipinski definition) is 1. The van der Waals surface area contributed by atoms with Gasteiger partial charge in [-0.1, -0.05) is 11.3 Å². The molecule has 0 saturated carbocycles. The normalized spacial score (nSPS) is 10.4. The van der Waals surface area contributed by atoms with Crippen molar-refractivity contribution >= 4 is 22.4 Å². The molecule has 0 fully saturated rings. The molecule has 0 spiro atoms. The second-order valence-corrected chi connectivity index (χ2v) is 6.11. The molecule has 1 N–H and O–H groups in total. The minimum Gasteiger partial charge on any atom is -0.490 e. The highest BCUT2D eigenvalue weighted by molar-refractivity contribution is 7.18. The lowest BCUT2D eigenvalue weighted by atomic mass is 10.2. The Labute approximate surface area is 155 Å². The van der Waals surface area contributed by atoms with Gasteiger partial charge in [0.15, 0.2) is 11.5 Å². The molecule has 0 aliphatic heterocycles. The first-order valence-corrected chi connectivity index (χ1v) is 8.97. The Morgan fingerprint density at radius 1 is 1.04 bits per heavy atom. The second-order valence-electron chi connectivity index (χ2n) is 5.13. The number of benzene rings is 1. The second kappa shape index (κ2) is 8.39. The number of anilines is 1. The summed E-state index contributed by atoms with van der Waals surface area (Å²) in [5.74, 6) is 0.866. The van der Waals surface area contributed by atoms with E-state index in [2.05, 4.69) is 20.5 Å². The molecule has 3 aromatic rings. The molecule has 0 radical (unpaired) electrons. The van der Waals surface area contributed by atoms with Crippen molar-refractivity contribution in [3.05, 3.63) is 48.3 Å². The summed E-state index contributed by atoms with van der Waals surface area (Å²) in [6, 6.07) is 8.76. The predicted octanol–water partition coefficient (Wildman–Crippen LogP) is 3.65. The molecule has 8 heteroatoms. The van der Waals surface area contributed by atoms with Crippen LogP contribution in [0.25, 0.3) is 10.6 Å². The van der Waals surface area contributed by atoms with Crippen molar-refractivity contribution in [1.29, 1.82) is 0 Å². The molecule has 0 aliphatic rings. The van der Waals surface area contributed by atoms with Crippen LogP contribution < -0.4 is 14.8 Å². The van der Waals surface area contributed by atoms with Gasteiger partial charge in [-0.3, -0.25) is 15.1 Å². The van der Waals surface area contributed by atoms with Gasteiger partial charge in [0.05, 0.1) is 13.2 Å². The number of pyridine rings is 1. The summed E-state index contributed by atoms with van der Waals surface area (Å²) < 4.78 is 11.1. The number of amides is 1. The molecule has 7 nitrogen and oxygen atoms in total. The van der Waals surface area contributed by atoms with E-state index in [0.29, 0.717) is 40.4 Å². The number of nitrogens with one attached hydrogen (secondary N) is 1. The van der Waals surface area contributed by atoms with Gasteiger partial charge in [0, 0.05) is 23.5 Å². The van der Waals surface area contributed by atoms with Gasteiger partial charge in [0.2, 0.25) is 5.13 Å². The van der Waals surface area contributed by atoms with E-state index in [1.807, 2.05) is 26.0 Å². The fourth-order valence-corrected chi connectivity index (χ4v) is 2.99. The van der Waals surface area contributed by atoms with Crippen LogP contribution in [0.1, 0.15) is 24.2 Å². The third-order valence-electron chi connectivity index (χ3n) is 3.38. The van der Waals surface area contributed by atoms with Crippen LogP contribution in [0.2, 0.25) is 0 Å². The molecule has 3 rings (SSSR count).